The van der Waals surface area contributed by atoms with E-state index in [0.717, 1.165) is 0 Å². The van der Waals surface area contributed by atoms with Crippen LogP contribution in [0.3, 0.4) is 0 Å². The van der Waals surface area contributed by atoms with Gasteiger partial charge in [0.25, 0.3) is 5.91 Å². The van der Waals surface area contributed by atoms with E-state index in [0.29, 0.717) is 19.5 Å². The van der Waals surface area contributed by atoms with Crippen molar-refractivity contribution in [2.24, 2.45) is 7.05 Å². The molecule has 2 heterocycles. The van der Waals surface area contributed by atoms with Gasteiger partial charge in [-0.15, -0.1) is 0 Å². The van der Waals surface area contributed by atoms with Crippen molar-refractivity contribution >= 4 is 11.6 Å². The molecule has 0 atom stereocenters. The zero-order valence-corrected chi connectivity index (χ0v) is 10.9. The molecule has 0 fully saturated rings. The van der Waals surface area contributed by atoms with Crippen molar-refractivity contribution in [3.8, 4) is 0 Å². The molecule has 9 nitrogen and oxygen atoms in total. The fourth-order valence-electron chi connectivity index (χ4n) is 1.73. The molecule has 106 valence electrons. The minimum absolute atomic E-state index is 0.170. The van der Waals surface area contributed by atoms with E-state index >= 15 is 0 Å². The van der Waals surface area contributed by atoms with Crippen LogP contribution in [0.1, 0.15) is 16.9 Å². The zero-order chi connectivity index (χ0) is 14.5. The van der Waals surface area contributed by atoms with Gasteiger partial charge in [-0.1, -0.05) is 0 Å². The van der Waals surface area contributed by atoms with Crippen LogP contribution in [0.15, 0.2) is 24.7 Å². The summed E-state index contributed by atoms with van der Waals surface area (Å²) in [5, 5.41) is 21.2. The number of rotatable bonds is 6. The van der Waals surface area contributed by atoms with Crippen molar-refractivity contribution < 1.29 is 9.72 Å². The largest absolute Gasteiger partial charge is 0.350 e. The van der Waals surface area contributed by atoms with E-state index in [1.807, 2.05) is 12.3 Å². The Balaban J connectivity index is 1.87. The van der Waals surface area contributed by atoms with Crippen molar-refractivity contribution in [2.45, 2.75) is 13.0 Å². The molecule has 0 aliphatic heterocycles. The van der Waals surface area contributed by atoms with E-state index in [9.17, 15) is 14.9 Å². The number of amides is 1. The van der Waals surface area contributed by atoms with E-state index in [1.54, 1.807) is 10.9 Å². The van der Waals surface area contributed by atoms with Crippen LogP contribution in [0.5, 0.6) is 0 Å². The van der Waals surface area contributed by atoms with E-state index in [-0.39, 0.29) is 11.4 Å². The van der Waals surface area contributed by atoms with Crippen molar-refractivity contribution in [1.29, 1.82) is 0 Å². The fraction of sp³-hybridized carbons (Fsp3) is 0.364. The third-order valence-electron chi connectivity index (χ3n) is 2.63. The molecule has 0 aliphatic rings. The van der Waals surface area contributed by atoms with Gasteiger partial charge in [-0.2, -0.15) is 10.2 Å². The molecule has 1 N–H and O–H groups in total. The Hall–Kier alpha value is -2.71. The molecule has 0 spiro atoms. The molecule has 0 bridgehead atoms. The summed E-state index contributed by atoms with van der Waals surface area (Å²) in [4.78, 5) is 22.0. The highest BCUT2D eigenvalue weighted by atomic mass is 16.6. The number of carbonyl (C=O) groups excluding carboxylic acids is 1. The SMILES string of the molecule is Cn1cc([N+](=O)[O-])c(C(=O)NCCCn2cccn2)n1. The topological polar surface area (TPSA) is 108 Å². The summed E-state index contributed by atoms with van der Waals surface area (Å²) in [6.45, 7) is 1.06. The van der Waals surface area contributed by atoms with Crippen LogP contribution in [0.2, 0.25) is 0 Å². The first-order valence-corrected chi connectivity index (χ1v) is 6.01. The first-order chi connectivity index (χ1) is 9.58. The first-order valence-electron chi connectivity index (χ1n) is 6.01. The van der Waals surface area contributed by atoms with Crippen molar-refractivity contribution in [3.05, 3.63) is 40.5 Å². The molecule has 2 aromatic rings. The van der Waals surface area contributed by atoms with Crippen LogP contribution >= 0.6 is 0 Å². The Bertz CT molecular complexity index is 604. The van der Waals surface area contributed by atoms with Crippen LogP contribution in [-0.2, 0) is 13.6 Å². The normalized spacial score (nSPS) is 10.4. The van der Waals surface area contributed by atoms with Gasteiger partial charge in [0.2, 0.25) is 5.69 Å². The molecule has 20 heavy (non-hydrogen) atoms. The standard InChI is InChI=1S/C11H14N6O3/c1-15-8-9(17(19)20)10(14-15)11(18)12-4-2-6-16-7-3-5-13-16/h3,5,7-8H,2,4,6H2,1H3,(H,12,18). The number of aryl methyl sites for hydroxylation is 2. The lowest BCUT2D eigenvalue weighted by Crippen LogP contribution is -2.26. The summed E-state index contributed by atoms with van der Waals surface area (Å²) in [6, 6.07) is 1.82. The van der Waals surface area contributed by atoms with Crippen LogP contribution < -0.4 is 5.32 Å². The van der Waals surface area contributed by atoms with E-state index in [4.69, 9.17) is 0 Å². The molecular weight excluding hydrogens is 264 g/mol. The molecule has 0 saturated heterocycles. The molecule has 1 amide bonds. The second kappa shape index (κ2) is 5.95. The summed E-state index contributed by atoms with van der Waals surface area (Å²) >= 11 is 0. The lowest BCUT2D eigenvalue weighted by atomic mass is 10.3. The number of carbonyl (C=O) groups is 1. The smallest absolute Gasteiger partial charge is 0.320 e. The van der Waals surface area contributed by atoms with Gasteiger partial charge >= 0.3 is 5.69 Å². The lowest BCUT2D eigenvalue weighted by molar-refractivity contribution is -0.385. The quantitative estimate of drug-likeness (QED) is 0.466. The van der Waals surface area contributed by atoms with Gasteiger partial charge in [-0.25, -0.2) is 0 Å². The summed E-state index contributed by atoms with van der Waals surface area (Å²) in [5.74, 6) is -0.544. The highest BCUT2D eigenvalue weighted by Crippen LogP contribution is 2.15. The van der Waals surface area contributed by atoms with Gasteiger partial charge in [-0.3, -0.25) is 24.3 Å². The predicted molar refractivity (Wildman–Crippen MR) is 69.0 cm³/mol. The van der Waals surface area contributed by atoms with Crippen LogP contribution in [0, 0.1) is 10.1 Å². The number of nitrogens with one attached hydrogen (secondary N) is 1. The van der Waals surface area contributed by atoms with Crippen LogP contribution in [-0.4, -0.2) is 36.9 Å². The summed E-state index contributed by atoms with van der Waals surface area (Å²) < 4.78 is 2.99. The van der Waals surface area contributed by atoms with E-state index < -0.39 is 10.8 Å². The van der Waals surface area contributed by atoms with Gasteiger partial charge < -0.3 is 5.32 Å². The maximum atomic E-state index is 11.8. The second-order valence-electron chi connectivity index (χ2n) is 4.17. The Morgan fingerprint density at radius 1 is 1.55 bits per heavy atom. The maximum Gasteiger partial charge on any atom is 0.320 e. The molecule has 0 aromatic carbocycles. The highest BCUT2D eigenvalue weighted by Gasteiger charge is 2.24. The molecule has 0 unspecified atom stereocenters. The third-order valence-corrected chi connectivity index (χ3v) is 2.63. The fourth-order valence-corrected chi connectivity index (χ4v) is 1.73. The molecule has 2 rings (SSSR count). The number of hydrogen-bond donors (Lipinski definition) is 1. The van der Waals surface area contributed by atoms with Crippen LogP contribution in [0.4, 0.5) is 5.69 Å². The predicted octanol–water partition coefficient (Wildman–Crippen LogP) is 0.345. The second-order valence-corrected chi connectivity index (χ2v) is 4.17. The van der Waals surface area contributed by atoms with Gasteiger partial charge in [-0.05, 0) is 12.5 Å². The highest BCUT2D eigenvalue weighted by molar-refractivity contribution is 5.95. The number of aromatic nitrogens is 4. The molecule has 2 aromatic heterocycles. The first kappa shape index (κ1) is 13.7. The number of nitro groups is 1. The van der Waals surface area contributed by atoms with Crippen molar-refractivity contribution in [2.75, 3.05) is 6.54 Å². The molecule has 9 heteroatoms. The third kappa shape index (κ3) is 3.19. The Morgan fingerprint density at radius 2 is 2.35 bits per heavy atom. The van der Waals surface area contributed by atoms with E-state index in [2.05, 4.69) is 15.5 Å². The van der Waals surface area contributed by atoms with Gasteiger partial charge in [0.05, 0.1) is 4.92 Å². The zero-order valence-electron chi connectivity index (χ0n) is 10.9. The van der Waals surface area contributed by atoms with E-state index in [1.165, 1.54) is 17.9 Å². The summed E-state index contributed by atoms with van der Waals surface area (Å²) in [6.07, 6.45) is 5.38. The molecule has 0 radical (unpaired) electrons. The molecule has 0 aliphatic carbocycles. The monoisotopic (exact) mass is 278 g/mol. The number of nitrogens with zero attached hydrogens (tertiary/aromatic N) is 5. The lowest BCUT2D eigenvalue weighted by Gasteiger charge is -2.03. The minimum Gasteiger partial charge on any atom is -0.350 e. The summed E-state index contributed by atoms with van der Waals surface area (Å²) in [7, 11) is 1.53. The number of hydrogen-bond acceptors (Lipinski definition) is 5. The van der Waals surface area contributed by atoms with Crippen LogP contribution in [0.25, 0.3) is 0 Å². The minimum atomic E-state index is -0.619. The summed E-state index contributed by atoms with van der Waals surface area (Å²) in [5.41, 5.74) is -0.464. The van der Waals surface area contributed by atoms with Crippen molar-refractivity contribution in [3.63, 3.8) is 0 Å². The van der Waals surface area contributed by atoms with Gasteiger partial charge in [0.1, 0.15) is 6.20 Å². The van der Waals surface area contributed by atoms with Gasteiger partial charge in [0.15, 0.2) is 0 Å². The average Bonchev–Trinajstić information content (AvgIpc) is 3.03. The van der Waals surface area contributed by atoms with Gasteiger partial charge in [0, 0.05) is 32.5 Å². The molecule has 0 saturated carbocycles. The van der Waals surface area contributed by atoms with Crippen molar-refractivity contribution in [1.82, 2.24) is 24.9 Å². The Morgan fingerprint density at radius 3 is 3.00 bits per heavy atom. The average molecular weight is 278 g/mol. The Labute approximate surface area is 114 Å². The maximum absolute atomic E-state index is 11.8. The molecular formula is C11H14N6O3. The Kier molecular flexibility index (Phi) is 4.08.